The van der Waals surface area contributed by atoms with Gasteiger partial charge in [0.2, 0.25) is 0 Å². The lowest BCUT2D eigenvalue weighted by molar-refractivity contribution is -0.360. The van der Waals surface area contributed by atoms with E-state index in [2.05, 4.69) is 20.8 Å². The van der Waals surface area contributed by atoms with Crippen molar-refractivity contribution in [2.24, 2.45) is 0 Å². The molecule has 11 N–H and O–H groups in total. The minimum Gasteiger partial charge on any atom is -0.463 e. The zero-order valence-corrected chi connectivity index (χ0v) is 61.2. The molecule has 2 heterocycles. The molecule has 1 aliphatic carbocycles. The molecular formula is C73H137O24P. The Hall–Kier alpha value is -2.04. The van der Waals surface area contributed by atoms with Gasteiger partial charge in [-0.1, -0.05) is 278 Å². The van der Waals surface area contributed by atoms with Crippen molar-refractivity contribution in [3.8, 4) is 0 Å². The number of aliphatic hydroxyl groups is 10. The van der Waals surface area contributed by atoms with E-state index in [1.807, 2.05) is 0 Å². The van der Waals surface area contributed by atoms with Gasteiger partial charge in [-0.25, -0.2) is 4.57 Å². The maximum atomic E-state index is 14.3. The molecule has 3 aliphatic rings. The summed E-state index contributed by atoms with van der Waals surface area (Å²) in [5.41, 5.74) is 0. The first-order valence-electron chi connectivity index (χ1n) is 38.8. The van der Waals surface area contributed by atoms with Crippen LogP contribution in [-0.2, 0) is 61.2 Å². The van der Waals surface area contributed by atoms with E-state index < -0.39 is 156 Å². The molecule has 25 heteroatoms. The minimum atomic E-state index is -5.69. The van der Waals surface area contributed by atoms with E-state index in [0.29, 0.717) is 19.3 Å². The van der Waals surface area contributed by atoms with Gasteiger partial charge in [-0.05, 0) is 19.3 Å². The number of unbranched alkanes of at least 4 members (excludes halogenated alkanes) is 40. The van der Waals surface area contributed by atoms with Crippen LogP contribution in [-0.4, -0.2) is 204 Å². The van der Waals surface area contributed by atoms with E-state index in [1.54, 1.807) is 0 Å². The van der Waals surface area contributed by atoms with Crippen LogP contribution in [0.1, 0.15) is 316 Å². The largest absolute Gasteiger partial charge is 0.472 e. The standard InChI is InChI=1S/C73H137O24P/c1-4-7-10-13-16-19-22-25-28-31-33-35-38-41-44-47-57(75)89-51-54(92-59(77)49-46-43-40-37-34-30-27-24-21-18-15-12-9-6-3)52-91-98(87,88)97-71-69(95-72-67(85)62(80)60(78)55(50-74)93-72)65(83)64(82)66(84)70(71)96-73-68(86)63(81)61(79)56(94-73)53-90-58(76)48-45-42-39-36-32-29-26-23-20-17-14-11-8-5-2/h54-56,60-74,78-86H,4-53H2,1-3H3,(H,87,88). The summed E-state index contributed by atoms with van der Waals surface area (Å²) in [6.07, 6.45) is 13.0. The lowest BCUT2D eigenvalue weighted by atomic mass is 9.84. The summed E-state index contributed by atoms with van der Waals surface area (Å²) in [4.78, 5) is 51.0. The topological polar surface area (TPSA) is 374 Å². The van der Waals surface area contributed by atoms with Gasteiger partial charge in [-0.15, -0.1) is 0 Å². The summed E-state index contributed by atoms with van der Waals surface area (Å²) in [7, 11) is -5.69. The molecule has 2 saturated heterocycles. The van der Waals surface area contributed by atoms with Crippen molar-refractivity contribution in [2.75, 3.05) is 26.4 Å². The molecule has 3 fully saturated rings. The van der Waals surface area contributed by atoms with Crippen LogP contribution >= 0.6 is 7.82 Å². The fourth-order valence-corrected chi connectivity index (χ4v) is 14.0. The zero-order chi connectivity index (χ0) is 71.8. The van der Waals surface area contributed by atoms with Crippen LogP contribution in [0.15, 0.2) is 0 Å². The predicted octanol–water partition coefficient (Wildman–Crippen LogP) is 11.0. The molecule has 0 radical (unpaired) electrons. The Balaban J connectivity index is 1.72. The number of phosphoric ester groups is 1. The summed E-state index contributed by atoms with van der Waals surface area (Å²) < 4.78 is 65.1. The molecule has 0 spiro atoms. The molecule has 24 nitrogen and oxygen atoms in total. The highest BCUT2D eigenvalue weighted by atomic mass is 31.2. The quantitative estimate of drug-likeness (QED) is 0.0117. The number of phosphoric acid groups is 1. The number of esters is 3. The van der Waals surface area contributed by atoms with Gasteiger partial charge in [0.25, 0.3) is 0 Å². The third-order valence-electron chi connectivity index (χ3n) is 19.4. The predicted molar refractivity (Wildman–Crippen MR) is 370 cm³/mol. The normalized spacial score (nSPS) is 27.6. The monoisotopic (exact) mass is 1430 g/mol. The highest BCUT2D eigenvalue weighted by Crippen LogP contribution is 2.49. The lowest BCUT2D eigenvalue weighted by Crippen LogP contribution is -2.69. The van der Waals surface area contributed by atoms with Crippen LogP contribution in [0.3, 0.4) is 0 Å². The van der Waals surface area contributed by atoms with Crippen LogP contribution in [0.25, 0.3) is 0 Å². The van der Waals surface area contributed by atoms with Crippen LogP contribution < -0.4 is 0 Å². The number of aliphatic hydroxyl groups excluding tert-OH is 10. The molecule has 0 bridgehead atoms. The Morgan fingerprint density at radius 3 is 1.00 bits per heavy atom. The number of carbonyl (C=O) groups excluding carboxylic acids is 3. The lowest BCUT2D eigenvalue weighted by Gasteiger charge is -2.49. The summed E-state index contributed by atoms with van der Waals surface area (Å²) in [5, 5.41) is 110. The Bertz CT molecular complexity index is 2030. The fraction of sp³-hybridized carbons (Fsp3) is 0.959. The molecular weight excluding hydrogens is 1290 g/mol. The molecule has 578 valence electrons. The van der Waals surface area contributed by atoms with Crippen LogP contribution in [0, 0.1) is 0 Å². The maximum Gasteiger partial charge on any atom is 0.472 e. The SMILES string of the molecule is CCCCCCCCCCCCCCCCCC(=O)OCC(COP(=O)(O)OC1C(OC2OC(CO)C(O)C(O)C2O)C(O)C(O)C(O)C1OC1OC(COC(=O)CCCCCCCCCCCCCCCC)C(O)C(O)C1O)OC(=O)CCCCCCCCCCCCCCCC. The molecule has 18 atom stereocenters. The van der Waals surface area contributed by atoms with Gasteiger partial charge in [-0.2, -0.15) is 0 Å². The number of hydrogen-bond acceptors (Lipinski definition) is 23. The molecule has 0 amide bonds. The molecule has 0 aromatic heterocycles. The summed E-state index contributed by atoms with van der Waals surface area (Å²) in [6.45, 7) is 3.48. The summed E-state index contributed by atoms with van der Waals surface area (Å²) in [5.74, 6) is -1.97. The van der Waals surface area contributed by atoms with Gasteiger partial charge < -0.3 is 89.1 Å². The Morgan fingerprint density at radius 1 is 0.357 bits per heavy atom. The van der Waals surface area contributed by atoms with Crippen molar-refractivity contribution < 1.29 is 117 Å². The average molecular weight is 1430 g/mol. The van der Waals surface area contributed by atoms with Gasteiger partial charge in [0.15, 0.2) is 18.7 Å². The van der Waals surface area contributed by atoms with Crippen LogP contribution in [0.2, 0.25) is 0 Å². The second-order valence-corrected chi connectivity index (χ2v) is 29.5. The van der Waals surface area contributed by atoms with Crippen molar-refractivity contribution in [2.45, 2.75) is 420 Å². The molecule has 2 aliphatic heterocycles. The third kappa shape index (κ3) is 38.1. The maximum absolute atomic E-state index is 14.3. The molecule has 1 saturated carbocycles. The van der Waals surface area contributed by atoms with Crippen molar-refractivity contribution in [1.29, 1.82) is 0 Å². The van der Waals surface area contributed by atoms with Gasteiger partial charge in [0.05, 0.1) is 13.2 Å². The number of carbonyl (C=O) groups is 3. The van der Waals surface area contributed by atoms with E-state index in [9.17, 15) is 74.9 Å². The van der Waals surface area contributed by atoms with E-state index in [-0.39, 0.29) is 19.3 Å². The molecule has 0 aromatic carbocycles. The van der Waals surface area contributed by atoms with Crippen LogP contribution in [0.4, 0.5) is 0 Å². The summed E-state index contributed by atoms with van der Waals surface area (Å²) in [6, 6.07) is 0. The number of rotatable bonds is 61. The molecule has 3 rings (SSSR count). The first kappa shape index (κ1) is 90.2. The van der Waals surface area contributed by atoms with E-state index in [1.165, 1.54) is 167 Å². The Morgan fingerprint density at radius 2 is 0.653 bits per heavy atom. The third-order valence-corrected chi connectivity index (χ3v) is 20.4. The zero-order valence-electron chi connectivity index (χ0n) is 60.3. The van der Waals surface area contributed by atoms with Crippen LogP contribution in [0.5, 0.6) is 0 Å². The smallest absolute Gasteiger partial charge is 0.463 e. The number of ether oxygens (including phenoxy) is 7. The average Bonchev–Trinajstić information content (AvgIpc) is 0.763. The van der Waals surface area contributed by atoms with Crippen molar-refractivity contribution >= 4 is 25.7 Å². The molecule has 0 aromatic rings. The highest BCUT2D eigenvalue weighted by Gasteiger charge is 2.58. The van der Waals surface area contributed by atoms with Crippen molar-refractivity contribution in [3.05, 3.63) is 0 Å². The summed E-state index contributed by atoms with van der Waals surface area (Å²) >= 11 is 0. The van der Waals surface area contributed by atoms with Gasteiger partial charge in [-0.3, -0.25) is 23.4 Å². The minimum absolute atomic E-state index is 0.0330. The number of hydrogen-bond donors (Lipinski definition) is 11. The molecule has 98 heavy (non-hydrogen) atoms. The van der Waals surface area contributed by atoms with E-state index >= 15 is 0 Å². The van der Waals surface area contributed by atoms with E-state index in [4.69, 9.17) is 42.2 Å². The first-order valence-corrected chi connectivity index (χ1v) is 40.3. The Kier molecular flexibility index (Phi) is 51.0. The second-order valence-electron chi connectivity index (χ2n) is 28.1. The Labute approximate surface area is 587 Å². The van der Waals surface area contributed by atoms with Gasteiger partial charge in [0, 0.05) is 19.3 Å². The van der Waals surface area contributed by atoms with Crippen molar-refractivity contribution in [1.82, 2.24) is 0 Å². The second kappa shape index (κ2) is 55.4. The highest BCUT2D eigenvalue weighted by molar-refractivity contribution is 7.47. The van der Waals surface area contributed by atoms with Gasteiger partial charge in [0.1, 0.15) is 98.7 Å². The van der Waals surface area contributed by atoms with Crippen molar-refractivity contribution in [3.63, 3.8) is 0 Å². The first-order chi connectivity index (χ1) is 47.3. The molecule has 18 unspecified atom stereocenters. The van der Waals surface area contributed by atoms with Gasteiger partial charge >= 0.3 is 25.7 Å². The van der Waals surface area contributed by atoms with E-state index in [0.717, 1.165) is 89.9 Å². The fourth-order valence-electron chi connectivity index (χ4n) is 13.1.